The second-order valence-electron chi connectivity index (χ2n) is 5.77. The number of aromatic nitrogens is 1. The van der Waals surface area contributed by atoms with Crippen LogP contribution in [0.1, 0.15) is 32.8 Å². The minimum Gasteiger partial charge on any atom is -0.346 e. The first-order chi connectivity index (χ1) is 10.2. The number of rotatable bonds is 9. The van der Waals surface area contributed by atoms with Gasteiger partial charge in [0.2, 0.25) is 0 Å². The molecule has 0 aliphatic carbocycles. The van der Waals surface area contributed by atoms with Crippen molar-refractivity contribution in [2.24, 2.45) is 0 Å². The summed E-state index contributed by atoms with van der Waals surface area (Å²) < 4.78 is 2.43. The molecule has 0 fully saturated rings. The van der Waals surface area contributed by atoms with Gasteiger partial charge in [-0.1, -0.05) is 39.0 Å². The molecule has 2 aromatic rings. The van der Waals surface area contributed by atoms with Crippen molar-refractivity contribution in [2.45, 2.75) is 46.2 Å². The standard InChI is InChI=1S/C18H28N2S/c1-4-21-13-12-20-14-16(8-7-11-19-15(2)3)17-9-5-6-10-18(17)20/h5-6,9-10,14-15,19H,4,7-8,11-13H2,1-3H3. The normalized spacial score (nSPS) is 11.6. The van der Waals surface area contributed by atoms with Crippen LogP contribution in [0.25, 0.3) is 10.9 Å². The van der Waals surface area contributed by atoms with Gasteiger partial charge >= 0.3 is 0 Å². The molecule has 0 bridgehead atoms. The van der Waals surface area contributed by atoms with Crippen LogP contribution in [-0.2, 0) is 13.0 Å². The van der Waals surface area contributed by atoms with Gasteiger partial charge in [0.05, 0.1) is 0 Å². The van der Waals surface area contributed by atoms with Crippen LogP contribution in [0.4, 0.5) is 0 Å². The van der Waals surface area contributed by atoms with Gasteiger partial charge in [-0.2, -0.15) is 11.8 Å². The van der Waals surface area contributed by atoms with Crippen LogP contribution in [0.5, 0.6) is 0 Å². The maximum absolute atomic E-state index is 3.50. The van der Waals surface area contributed by atoms with Crippen LogP contribution in [0, 0.1) is 0 Å². The molecule has 1 aromatic heterocycles. The van der Waals surface area contributed by atoms with Gasteiger partial charge in [-0.3, -0.25) is 0 Å². The van der Waals surface area contributed by atoms with Crippen molar-refractivity contribution in [2.75, 3.05) is 18.1 Å². The van der Waals surface area contributed by atoms with Crippen molar-refractivity contribution in [3.63, 3.8) is 0 Å². The molecule has 116 valence electrons. The second-order valence-corrected chi connectivity index (χ2v) is 7.17. The lowest BCUT2D eigenvalue weighted by Gasteiger charge is -2.07. The third-order valence-corrected chi connectivity index (χ3v) is 4.61. The highest BCUT2D eigenvalue weighted by Gasteiger charge is 2.07. The molecule has 0 unspecified atom stereocenters. The number of aryl methyl sites for hydroxylation is 2. The Morgan fingerprint density at radius 2 is 2.05 bits per heavy atom. The van der Waals surface area contributed by atoms with Crippen LogP contribution in [0.2, 0.25) is 0 Å². The summed E-state index contributed by atoms with van der Waals surface area (Å²) in [7, 11) is 0. The molecule has 0 radical (unpaired) electrons. The lowest BCUT2D eigenvalue weighted by Crippen LogP contribution is -2.23. The zero-order chi connectivity index (χ0) is 15.1. The maximum atomic E-state index is 3.50. The molecule has 1 aromatic carbocycles. The monoisotopic (exact) mass is 304 g/mol. The average molecular weight is 305 g/mol. The van der Waals surface area contributed by atoms with Gasteiger partial charge < -0.3 is 9.88 Å². The smallest absolute Gasteiger partial charge is 0.0483 e. The molecule has 0 spiro atoms. The molecule has 0 saturated heterocycles. The molecule has 2 rings (SSSR count). The van der Waals surface area contributed by atoms with Gasteiger partial charge in [-0.05, 0) is 36.8 Å². The lowest BCUT2D eigenvalue weighted by atomic mass is 10.1. The minimum absolute atomic E-state index is 0.581. The van der Waals surface area contributed by atoms with Crippen LogP contribution >= 0.6 is 11.8 Å². The third-order valence-electron chi connectivity index (χ3n) is 3.73. The van der Waals surface area contributed by atoms with E-state index in [1.165, 1.54) is 34.4 Å². The Bertz CT molecular complexity index is 545. The van der Waals surface area contributed by atoms with Crippen molar-refractivity contribution in [1.29, 1.82) is 0 Å². The zero-order valence-electron chi connectivity index (χ0n) is 13.6. The summed E-state index contributed by atoms with van der Waals surface area (Å²) in [6, 6.07) is 9.41. The first-order valence-corrected chi connectivity index (χ1v) is 9.25. The highest BCUT2D eigenvalue weighted by molar-refractivity contribution is 7.99. The molecular weight excluding hydrogens is 276 g/mol. The second kappa shape index (κ2) is 8.50. The van der Waals surface area contributed by atoms with E-state index >= 15 is 0 Å². The summed E-state index contributed by atoms with van der Waals surface area (Å²) in [5.41, 5.74) is 2.89. The molecule has 0 aliphatic rings. The number of thioether (sulfide) groups is 1. The Hall–Kier alpha value is -0.930. The molecule has 21 heavy (non-hydrogen) atoms. The van der Waals surface area contributed by atoms with Gasteiger partial charge in [0.15, 0.2) is 0 Å². The number of nitrogens with one attached hydrogen (secondary N) is 1. The average Bonchev–Trinajstić information content (AvgIpc) is 2.82. The fourth-order valence-electron chi connectivity index (χ4n) is 2.68. The van der Waals surface area contributed by atoms with Gasteiger partial charge in [-0.15, -0.1) is 0 Å². The Morgan fingerprint density at radius 3 is 2.81 bits per heavy atom. The van der Waals surface area contributed by atoms with Gasteiger partial charge in [0, 0.05) is 35.4 Å². The number of para-hydroxylation sites is 1. The first-order valence-electron chi connectivity index (χ1n) is 8.10. The van der Waals surface area contributed by atoms with E-state index in [1.54, 1.807) is 0 Å². The van der Waals surface area contributed by atoms with Gasteiger partial charge in [0.1, 0.15) is 0 Å². The molecule has 1 N–H and O–H groups in total. The largest absolute Gasteiger partial charge is 0.346 e. The third kappa shape index (κ3) is 4.79. The predicted octanol–water partition coefficient (Wildman–Crippen LogP) is 4.33. The molecular formula is C18H28N2S. The quantitative estimate of drug-likeness (QED) is 0.695. The van der Waals surface area contributed by atoms with E-state index in [4.69, 9.17) is 0 Å². The Balaban J connectivity index is 2.04. The van der Waals surface area contributed by atoms with E-state index in [0.29, 0.717) is 6.04 Å². The van der Waals surface area contributed by atoms with Gasteiger partial charge in [0.25, 0.3) is 0 Å². The number of hydrogen-bond donors (Lipinski definition) is 1. The van der Waals surface area contributed by atoms with Crippen LogP contribution < -0.4 is 5.32 Å². The first kappa shape index (κ1) is 16.4. The van der Waals surface area contributed by atoms with Gasteiger partial charge in [-0.25, -0.2) is 0 Å². The van der Waals surface area contributed by atoms with Crippen LogP contribution in [-0.4, -0.2) is 28.7 Å². The number of nitrogens with zero attached hydrogens (tertiary/aromatic N) is 1. The predicted molar refractivity (Wildman–Crippen MR) is 96.4 cm³/mol. The molecule has 0 aliphatic heterocycles. The van der Waals surface area contributed by atoms with Crippen molar-refractivity contribution < 1.29 is 0 Å². The molecule has 2 nitrogen and oxygen atoms in total. The van der Waals surface area contributed by atoms with Crippen LogP contribution in [0.3, 0.4) is 0 Å². The summed E-state index contributed by atoms with van der Waals surface area (Å²) in [5.74, 6) is 2.40. The van der Waals surface area contributed by atoms with E-state index < -0.39 is 0 Å². The Morgan fingerprint density at radius 1 is 1.24 bits per heavy atom. The van der Waals surface area contributed by atoms with E-state index in [0.717, 1.165) is 19.5 Å². The fraction of sp³-hybridized carbons (Fsp3) is 0.556. The molecule has 3 heteroatoms. The van der Waals surface area contributed by atoms with Crippen molar-refractivity contribution in [1.82, 2.24) is 9.88 Å². The van der Waals surface area contributed by atoms with Crippen molar-refractivity contribution >= 4 is 22.7 Å². The van der Waals surface area contributed by atoms with E-state index in [9.17, 15) is 0 Å². The topological polar surface area (TPSA) is 17.0 Å². The number of fused-ring (bicyclic) bond motifs is 1. The summed E-state index contributed by atoms with van der Waals surface area (Å²) in [5, 5.41) is 4.94. The summed E-state index contributed by atoms with van der Waals surface area (Å²) in [4.78, 5) is 0. The fourth-order valence-corrected chi connectivity index (χ4v) is 3.30. The highest BCUT2D eigenvalue weighted by atomic mass is 32.2. The summed E-state index contributed by atoms with van der Waals surface area (Å²) >= 11 is 2.01. The highest BCUT2D eigenvalue weighted by Crippen LogP contribution is 2.23. The SMILES string of the molecule is CCSCCn1cc(CCCNC(C)C)c2ccccc21. The van der Waals surface area contributed by atoms with E-state index in [2.05, 4.69) is 61.1 Å². The van der Waals surface area contributed by atoms with E-state index in [1.807, 2.05) is 11.8 Å². The zero-order valence-corrected chi connectivity index (χ0v) is 14.4. The number of benzene rings is 1. The molecule has 1 heterocycles. The van der Waals surface area contributed by atoms with Crippen molar-refractivity contribution in [3.8, 4) is 0 Å². The molecule has 0 saturated carbocycles. The molecule has 0 amide bonds. The minimum atomic E-state index is 0.581. The van der Waals surface area contributed by atoms with Crippen LogP contribution in [0.15, 0.2) is 30.5 Å². The number of hydrogen-bond acceptors (Lipinski definition) is 2. The summed E-state index contributed by atoms with van der Waals surface area (Å²) in [6.07, 6.45) is 4.74. The summed E-state index contributed by atoms with van der Waals surface area (Å²) in [6.45, 7) is 8.85. The Labute approximate surface area is 133 Å². The maximum Gasteiger partial charge on any atom is 0.0483 e. The lowest BCUT2D eigenvalue weighted by molar-refractivity contribution is 0.570. The van der Waals surface area contributed by atoms with E-state index in [-0.39, 0.29) is 0 Å². The Kier molecular flexibility index (Phi) is 6.65. The molecule has 0 atom stereocenters. The van der Waals surface area contributed by atoms with Crippen molar-refractivity contribution in [3.05, 3.63) is 36.0 Å².